The van der Waals surface area contributed by atoms with Crippen LogP contribution in [0, 0.1) is 5.82 Å². The lowest BCUT2D eigenvalue weighted by molar-refractivity contribution is -0.323. The summed E-state index contributed by atoms with van der Waals surface area (Å²) >= 11 is 0. The zero-order valence-electron chi connectivity index (χ0n) is 11.8. The van der Waals surface area contributed by atoms with E-state index in [1.807, 2.05) is 0 Å². The normalized spacial score (nSPS) is 14.5. The number of carbonyl (C=O) groups excluding carboxylic acids is 1. The van der Waals surface area contributed by atoms with Crippen LogP contribution in [0.5, 0.6) is 0 Å². The number of aliphatic hydroxyl groups is 1. The van der Waals surface area contributed by atoms with Gasteiger partial charge in [-0.3, -0.25) is 4.79 Å². The van der Waals surface area contributed by atoms with Gasteiger partial charge in [-0.15, -0.1) is 0 Å². The molecule has 26 heavy (non-hydrogen) atoms. The fraction of sp³-hybridized carbons (Fsp3) is 0.308. The standard InChI is InChI=1S/C13H5F11O2/c14-7-3-5(1-2-6(7)11(16,17)18)8(25)4-9(26)10(15,12(19,20)21)13(22,23)24/h1-4,25H/b8-4-. The van der Waals surface area contributed by atoms with E-state index in [1.165, 1.54) is 0 Å². The van der Waals surface area contributed by atoms with E-state index in [9.17, 15) is 58.2 Å². The summed E-state index contributed by atoms with van der Waals surface area (Å²) in [6, 6.07) is 0.157. The topological polar surface area (TPSA) is 37.3 Å². The highest BCUT2D eigenvalue weighted by Crippen LogP contribution is 2.47. The number of halogens is 11. The van der Waals surface area contributed by atoms with E-state index >= 15 is 0 Å². The molecule has 2 nitrogen and oxygen atoms in total. The summed E-state index contributed by atoms with van der Waals surface area (Å²) in [7, 11) is 0. The molecule has 0 fully saturated rings. The largest absolute Gasteiger partial charge is 0.507 e. The van der Waals surface area contributed by atoms with Crippen molar-refractivity contribution in [2.75, 3.05) is 0 Å². The number of aliphatic hydroxyl groups excluding tert-OH is 1. The van der Waals surface area contributed by atoms with Gasteiger partial charge in [-0.1, -0.05) is 6.07 Å². The van der Waals surface area contributed by atoms with Crippen LogP contribution in [0.15, 0.2) is 24.3 Å². The lowest BCUT2D eigenvalue weighted by Crippen LogP contribution is -2.58. The van der Waals surface area contributed by atoms with E-state index in [0.717, 1.165) is 0 Å². The lowest BCUT2D eigenvalue weighted by atomic mass is 9.97. The minimum absolute atomic E-state index is 0.00934. The fourth-order valence-electron chi connectivity index (χ4n) is 1.65. The molecule has 0 atom stereocenters. The lowest BCUT2D eigenvalue weighted by Gasteiger charge is -2.27. The van der Waals surface area contributed by atoms with Gasteiger partial charge in [0.15, 0.2) is 0 Å². The quantitative estimate of drug-likeness (QED) is 0.432. The van der Waals surface area contributed by atoms with Crippen molar-refractivity contribution < 1.29 is 58.2 Å². The Labute approximate surface area is 136 Å². The SMILES string of the molecule is O=C(/C=C(\O)c1ccc(C(F)(F)F)c(F)c1)C(F)(C(F)(F)F)C(F)(F)F. The van der Waals surface area contributed by atoms with Crippen LogP contribution in [0.4, 0.5) is 48.3 Å². The van der Waals surface area contributed by atoms with Gasteiger partial charge >= 0.3 is 24.2 Å². The van der Waals surface area contributed by atoms with Crippen molar-refractivity contribution in [3.8, 4) is 0 Å². The van der Waals surface area contributed by atoms with Gasteiger partial charge in [0.2, 0.25) is 5.78 Å². The average molecular weight is 402 g/mol. The molecule has 0 aliphatic heterocycles. The molecule has 0 saturated heterocycles. The number of allylic oxidation sites excluding steroid dienone is 1. The Hall–Kier alpha value is -2.34. The second-order valence-electron chi connectivity index (χ2n) is 4.74. The smallest absolute Gasteiger partial charge is 0.439 e. The molecule has 13 heteroatoms. The van der Waals surface area contributed by atoms with Crippen LogP contribution in [-0.2, 0) is 11.0 Å². The van der Waals surface area contributed by atoms with Crippen molar-refractivity contribution in [1.29, 1.82) is 0 Å². The molecule has 1 aromatic carbocycles. The molecule has 0 unspecified atom stereocenters. The van der Waals surface area contributed by atoms with E-state index in [1.54, 1.807) is 0 Å². The second-order valence-corrected chi connectivity index (χ2v) is 4.74. The first-order valence-corrected chi connectivity index (χ1v) is 6.07. The minimum atomic E-state index is -6.75. The van der Waals surface area contributed by atoms with Gasteiger partial charge in [-0.05, 0) is 12.1 Å². The van der Waals surface area contributed by atoms with Gasteiger partial charge in [0.25, 0.3) is 0 Å². The van der Waals surface area contributed by atoms with Crippen molar-refractivity contribution in [2.24, 2.45) is 0 Å². The van der Waals surface area contributed by atoms with Crippen molar-refractivity contribution in [3.05, 3.63) is 41.2 Å². The molecule has 0 amide bonds. The molecule has 146 valence electrons. The van der Waals surface area contributed by atoms with Crippen LogP contribution in [0.1, 0.15) is 11.1 Å². The van der Waals surface area contributed by atoms with Crippen molar-refractivity contribution >= 4 is 11.5 Å². The first kappa shape index (κ1) is 21.7. The number of rotatable bonds is 3. The Morgan fingerprint density at radius 1 is 0.885 bits per heavy atom. The highest BCUT2D eigenvalue weighted by Gasteiger charge is 2.76. The zero-order valence-corrected chi connectivity index (χ0v) is 11.8. The van der Waals surface area contributed by atoms with E-state index < -0.39 is 58.8 Å². The van der Waals surface area contributed by atoms with Crippen LogP contribution in [0.2, 0.25) is 0 Å². The number of hydrogen-bond acceptors (Lipinski definition) is 2. The molecular weight excluding hydrogens is 397 g/mol. The van der Waals surface area contributed by atoms with E-state index in [4.69, 9.17) is 0 Å². The summed E-state index contributed by atoms with van der Waals surface area (Å²) in [6.07, 6.45) is -19.5. The predicted octanol–water partition coefficient (Wildman–Crippen LogP) is 5.15. The Bertz CT molecular complexity index is 711. The van der Waals surface area contributed by atoms with E-state index in [2.05, 4.69) is 0 Å². The van der Waals surface area contributed by atoms with Crippen molar-refractivity contribution in [3.63, 3.8) is 0 Å². The van der Waals surface area contributed by atoms with Gasteiger partial charge in [0, 0.05) is 11.6 Å². The van der Waals surface area contributed by atoms with Gasteiger partial charge in [0.05, 0.1) is 5.56 Å². The molecule has 1 rings (SSSR count). The molecule has 0 heterocycles. The highest BCUT2D eigenvalue weighted by molar-refractivity contribution is 6.02. The average Bonchev–Trinajstić information content (AvgIpc) is 2.42. The third-order valence-corrected chi connectivity index (χ3v) is 2.96. The monoisotopic (exact) mass is 402 g/mol. The number of ketones is 1. The number of benzene rings is 1. The van der Waals surface area contributed by atoms with Gasteiger partial charge in [-0.2, -0.15) is 39.5 Å². The number of hydrogen-bond donors (Lipinski definition) is 1. The number of carbonyl (C=O) groups is 1. The first-order valence-electron chi connectivity index (χ1n) is 6.07. The molecule has 0 radical (unpaired) electrons. The Kier molecular flexibility index (Phi) is 5.37. The minimum Gasteiger partial charge on any atom is -0.507 e. The maximum absolute atomic E-state index is 13.4. The molecule has 1 N–H and O–H groups in total. The molecule has 0 saturated carbocycles. The van der Waals surface area contributed by atoms with Crippen LogP contribution in [-0.4, -0.2) is 28.9 Å². The predicted molar refractivity (Wildman–Crippen MR) is 63.0 cm³/mol. The summed E-state index contributed by atoms with van der Waals surface area (Å²) in [5.41, 5.74) is -9.32. The first-order chi connectivity index (χ1) is 11.4. The second kappa shape index (κ2) is 6.43. The molecule has 0 aromatic heterocycles. The molecular formula is C13H5F11O2. The summed E-state index contributed by atoms with van der Waals surface area (Å²) in [5, 5.41) is 9.29. The van der Waals surface area contributed by atoms with Crippen LogP contribution >= 0.6 is 0 Å². The van der Waals surface area contributed by atoms with Crippen LogP contribution in [0.3, 0.4) is 0 Å². The highest BCUT2D eigenvalue weighted by atomic mass is 19.4. The number of alkyl halides is 10. The maximum Gasteiger partial charge on any atom is 0.439 e. The van der Waals surface area contributed by atoms with E-state index in [-0.39, 0.29) is 18.2 Å². The van der Waals surface area contributed by atoms with E-state index in [0.29, 0.717) is 0 Å². The van der Waals surface area contributed by atoms with Gasteiger partial charge in [0.1, 0.15) is 11.6 Å². The van der Waals surface area contributed by atoms with Gasteiger partial charge < -0.3 is 5.11 Å². The van der Waals surface area contributed by atoms with Crippen LogP contribution < -0.4 is 0 Å². The summed E-state index contributed by atoms with van der Waals surface area (Å²) in [4.78, 5) is 11.1. The third-order valence-electron chi connectivity index (χ3n) is 2.96. The third kappa shape index (κ3) is 3.90. The Morgan fingerprint density at radius 2 is 1.35 bits per heavy atom. The van der Waals surface area contributed by atoms with Gasteiger partial charge in [-0.25, -0.2) is 8.78 Å². The zero-order chi connectivity index (χ0) is 20.7. The Balaban J connectivity index is 3.36. The van der Waals surface area contributed by atoms with Crippen molar-refractivity contribution in [2.45, 2.75) is 24.2 Å². The summed E-state index contributed by atoms with van der Waals surface area (Å²) in [5.74, 6) is -7.14. The summed E-state index contributed by atoms with van der Waals surface area (Å²) < 4.78 is 138. The fourth-order valence-corrected chi connectivity index (χ4v) is 1.65. The van der Waals surface area contributed by atoms with Crippen molar-refractivity contribution in [1.82, 2.24) is 0 Å². The molecule has 0 aliphatic carbocycles. The molecule has 1 aromatic rings. The maximum atomic E-state index is 13.4. The van der Waals surface area contributed by atoms with Crippen LogP contribution in [0.25, 0.3) is 5.76 Å². The molecule has 0 bridgehead atoms. The molecule has 0 aliphatic rings. The molecule has 0 spiro atoms. The Morgan fingerprint density at radius 3 is 1.69 bits per heavy atom. The summed E-state index contributed by atoms with van der Waals surface area (Å²) in [6.45, 7) is 0.